The van der Waals surface area contributed by atoms with Gasteiger partial charge in [0.1, 0.15) is 18.2 Å². The molecular weight excluding hydrogens is 341 g/mol. The zero-order chi connectivity index (χ0) is 14.5. The molecule has 0 saturated heterocycles. The van der Waals surface area contributed by atoms with Crippen molar-refractivity contribution in [3.8, 4) is 5.75 Å². The number of hydrogen-bond donors (Lipinski definition) is 1. The topological polar surface area (TPSA) is 21.3 Å². The van der Waals surface area contributed by atoms with Gasteiger partial charge in [-0.15, -0.1) is 11.3 Å². The van der Waals surface area contributed by atoms with Gasteiger partial charge in [-0.05, 0) is 41.5 Å². The van der Waals surface area contributed by atoms with Crippen LogP contribution in [0.3, 0.4) is 0 Å². The van der Waals surface area contributed by atoms with Gasteiger partial charge in [0.2, 0.25) is 0 Å². The summed E-state index contributed by atoms with van der Waals surface area (Å²) >= 11 is 5.01. The van der Waals surface area contributed by atoms with E-state index in [4.69, 9.17) is 4.74 Å². The highest BCUT2D eigenvalue weighted by Crippen LogP contribution is 2.24. The number of hydrogen-bond acceptors (Lipinski definition) is 3. The van der Waals surface area contributed by atoms with E-state index < -0.39 is 0 Å². The smallest absolute Gasteiger partial charge is 0.131 e. The highest BCUT2D eigenvalue weighted by Gasteiger charge is 2.11. The molecule has 0 spiro atoms. The Morgan fingerprint density at radius 1 is 1.40 bits per heavy atom. The van der Waals surface area contributed by atoms with E-state index in [0.717, 1.165) is 15.9 Å². The first-order chi connectivity index (χ1) is 9.60. The van der Waals surface area contributed by atoms with E-state index in [0.29, 0.717) is 17.9 Å². The molecule has 108 valence electrons. The second-order valence-corrected chi connectivity index (χ2v) is 6.39. The molecule has 2 rings (SSSR count). The van der Waals surface area contributed by atoms with Crippen LogP contribution in [0.1, 0.15) is 30.3 Å². The van der Waals surface area contributed by atoms with Crippen LogP contribution in [0.5, 0.6) is 5.75 Å². The summed E-state index contributed by atoms with van der Waals surface area (Å²) in [6.45, 7) is 5.22. The Kier molecular flexibility index (Phi) is 5.57. The number of thiophene rings is 1. The third kappa shape index (κ3) is 4.04. The standard InChI is InChI=1S/C15H17BrFNOS/c1-3-18-10(2)14-5-4-12(7-15(14)17)19-8-13-6-11(16)9-20-13/h4-7,9-10,18H,3,8H2,1-2H3. The summed E-state index contributed by atoms with van der Waals surface area (Å²) < 4.78 is 20.7. The van der Waals surface area contributed by atoms with Gasteiger partial charge in [-0.2, -0.15) is 0 Å². The van der Waals surface area contributed by atoms with Crippen molar-refractivity contribution >= 4 is 27.3 Å². The lowest BCUT2D eigenvalue weighted by atomic mass is 10.1. The monoisotopic (exact) mass is 357 g/mol. The Morgan fingerprint density at radius 3 is 2.80 bits per heavy atom. The number of halogens is 2. The Labute approximate surface area is 131 Å². The lowest BCUT2D eigenvalue weighted by Gasteiger charge is -2.14. The Hall–Kier alpha value is -0.910. The minimum atomic E-state index is -0.233. The highest BCUT2D eigenvalue weighted by molar-refractivity contribution is 9.10. The maximum atomic E-state index is 14.0. The summed E-state index contributed by atoms with van der Waals surface area (Å²) in [4.78, 5) is 1.10. The van der Waals surface area contributed by atoms with Crippen LogP contribution >= 0.6 is 27.3 Å². The molecule has 0 aliphatic rings. The first-order valence-corrected chi connectivity index (χ1v) is 8.16. The molecule has 0 saturated carbocycles. The molecule has 1 unspecified atom stereocenters. The maximum Gasteiger partial charge on any atom is 0.131 e. The fourth-order valence-corrected chi connectivity index (χ4v) is 3.31. The second-order valence-electron chi connectivity index (χ2n) is 4.48. The molecule has 1 aromatic heterocycles. The van der Waals surface area contributed by atoms with Crippen LogP contribution in [-0.2, 0) is 6.61 Å². The van der Waals surface area contributed by atoms with Gasteiger partial charge >= 0.3 is 0 Å². The molecular formula is C15H17BrFNOS. The average molecular weight is 358 g/mol. The van der Waals surface area contributed by atoms with Crippen molar-refractivity contribution in [2.45, 2.75) is 26.5 Å². The third-order valence-electron chi connectivity index (χ3n) is 2.95. The van der Waals surface area contributed by atoms with Crippen molar-refractivity contribution in [1.82, 2.24) is 5.32 Å². The summed E-state index contributed by atoms with van der Waals surface area (Å²) in [5.41, 5.74) is 0.665. The molecule has 2 aromatic rings. The molecule has 0 aliphatic carbocycles. The predicted molar refractivity (Wildman–Crippen MR) is 84.8 cm³/mol. The number of benzene rings is 1. The summed E-state index contributed by atoms with van der Waals surface area (Å²) in [5.74, 6) is 0.322. The fraction of sp³-hybridized carbons (Fsp3) is 0.333. The molecule has 5 heteroatoms. The van der Waals surface area contributed by atoms with Gasteiger partial charge in [0.05, 0.1) is 0 Å². The van der Waals surface area contributed by atoms with Crippen LogP contribution in [0, 0.1) is 5.82 Å². The molecule has 0 fully saturated rings. The van der Waals surface area contributed by atoms with Crippen LogP contribution in [0.2, 0.25) is 0 Å². The SMILES string of the molecule is CCNC(C)c1ccc(OCc2cc(Br)cs2)cc1F. The van der Waals surface area contributed by atoms with Crippen molar-refractivity contribution in [3.63, 3.8) is 0 Å². The molecule has 2 nitrogen and oxygen atoms in total. The van der Waals surface area contributed by atoms with Gasteiger partial charge in [-0.25, -0.2) is 4.39 Å². The molecule has 1 atom stereocenters. The van der Waals surface area contributed by atoms with E-state index in [1.54, 1.807) is 17.4 Å². The number of rotatable bonds is 6. The Bertz CT molecular complexity index is 573. The van der Waals surface area contributed by atoms with Crippen molar-refractivity contribution in [3.05, 3.63) is 50.4 Å². The molecule has 0 radical (unpaired) electrons. The predicted octanol–water partition coefficient (Wildman–Crippen LogP) is 4.90. The fourth-order valence-electron chi connectivity index (χ4n) is 1.95. The van der Waals surface area contributed by atoms with Crippen molar-refractivity contribution < 1.29 is 9.13 Å². The first-order valence-electron chi connectivity index (χ1n) is 6.48. The van der Waals surface area contributed by atoms with Crippen LogP contribution in [-0.4, -0.2) is 6.54 Å². The molecule has 1 aromatic carbocycles. The summed E-state index contributed by atoms with van der Waals surface area (Å²) in [6, 6.07) is 7.05. The summed E-state index contributed by atoms with van der Waals surface area (Å²) in [6.07, 6.45) is 0. The number of nitrogens with one attached hydrogen (secondary N) is 1. The summed E-state index contributed by atoms with van der Waals surface area (Å²) in [5, 5.41) is 5.20. The van der Waals surface area contributed by atoms with E-state index in [1.807, 2.05) is 31.4 Å². The molecule has 1 heterocycles. The molecule has 0 amide bonds. The Morgan fingerprint density at radius 2 is 2.20 bits per heavy atom. The summed E-state index contributed by atoms with van der Waals surface area (Å²) in [7, 11) is 0. The van der Waals surface area contributed by atoms with Gasteiger partial charge in [0.15, 0.2) is 0 Å². The average Bonchev–Trinajstić information content (AvgIpc) is 2.82. The third-order valence-corrected chi connectivity index (χ3v) is 4.62. The van der Waals surface area contributed by atoms with E-state index in [9.17, 15) is 4.39 Å². The molecule has 0 bridgehead atoms. The van der Waals surface area contributed by atoms with Gasteiger partial charge in [-0.1, -0.05) is 13.0 Å². The molecule has 0 aliphatic heterocycles. The highest BCUT2D eigenvalue weighted by atomic mass is 79.9. The van der Waals surface area contributed by atoms with Gasteiger partial charge in [0, 0.05) is 32.4 Å². The van der Waals surface area contributed by atoms with Gasteiger partial charge in [0.25, 0.3) is 0 Å². The van der Waals surface area contributed by atoms with E-state index in [-0.39, 0.29) is 11.9 Å². The maximum absolute atomic E-state index is 14.0. The van der Waals surface area contributed by atoms with Crippen molar-refractivity contribution in [2.24, 2.45) is 0 Å². The Balaban J connectivity index is 2.01. The van der Waals surface area contributed by atoms with Gasteiger partial charge < -0.3 is 10.1 Å². The number of ether oxygens (including phenoxy) is 1. The zero-order valence-corrected chi connectivity index (χ0v) is 13.9. The largest absolute Gasteiger partial charge is 0.488 e. The lowest BCUT2D eigenvalue weighted by Crippen LogP contribution is -2.18. The van der Waals surface area contributed by atoms with Gasteiger partial charge in [-0.3, -0.25) is 0 Å². The second kappa shape index (κ2) is 7.20. The van der Waals surface area contributed by atoms with E-state index in [2.05, 4.69) is 21.2 Å². The molecule has 20 heavy (non-hydrogen) atoms. The first kappa shape index (κ1) is 15.5. The quantitative estimate of drug-likeness (QED) is 0.793. The van der Waals surface area contributed by atoms with E-state index >= 15 is 0 Å². The van der Waals surface area contributed by atoms with Crippen LogP contribution in [0.15, 0.2) is 34.1 Å². The molecule has 1 N–H and O–H groups in total. The lowest BCUT2D eigenvalue weighted by molar-refractivity contribution is 0.307. The van der Waals surface area contributed by atoms with Crippen molar-refractivity contribution in [1.29, 1.82) is 0 Å². The normalized spacial score (nSPS) is 12.4. The van der Waals surface area contributed by atoms with Crippen LogP contribution in [0.25, 0.3) is 0 Å². The minimum Gasteiger partial charge on any atom is -0.488 e. The minimum absolute atomic E-state index is 0.00213. The zero-order valence-electron chi connectivity index (χ0n) is 11.5. The van der Waals surface area contributed by atoms with Crippen molar-refractivity contribution in [2.75, 3.05) is 6.54 Å². The van der Waals surface area contributed by atoms with E-state index in [1.165, 1.54) is 6.07 Å². The van der Waals surface area contributed by atoms with Crippen LogP contribution in [0.4, 0.5) is 4.39 Å². The van der Waals surface area contributed by atoms with Crippen LogP contribution < -0.4 is 10.1 Å².